The van der Waals surface area contributed by atoms with Gasteiger partial charge in [-0.15, -0.1) is 11.6 Å². The van der Waals surface area contributed by atoms with E-state index >= 15 is 0 Å². The molecule has 0 aromatic carbocycles. The maximum absolute atomic E-state index is 11.7. The quantitative estimate of drug-likeness (QED) is 0.340. The van der Waals surface area contributed by atoms with Crippen molar-refractivity contribution in [3.63, 3.8) is 0 Å². The number of hydrogen-bond donors (Lipinski definition) is 2. The third-order valence-corrected chi connectivity index (χ3v) is 3.29. The molecular weight excluding hydrogens is 443 g/mol. The average molecular weight is 466 g/mol. The van der Waals surface area contributed by atoms with Gasteiger partial charge in [-0.05, 0) is 23.3 Å². The summed E-state index contributed by atoms with van der Waals surface area (Å²) >= 11 is 16.6. The summed E-state index contributed by atoms with van der Waals surface area (Å²) in [6.45, 7) is -0.447. The summed E-state index contributed by atoms with van der Waals surface area (Å²) < 4.78 is 44.7. The molecule has 0 saturated carbocycles. The SMILES string of the molecule is C.ClCc1ccc(Cl)nc1.FC(F)CNCc1ccc(Cl)nc1.NCC(F)F. The van der Waals surface area contributed by atoms with Crippen LogP contribution in [0.2, 0.25) is 10.3 Å². The first kappa shape index (κ1) is 29.0. The lowest BCUT2D eigenvalue weighted by Crippen LogP contribution is -2.20. The van der Waals surface area contributed by atoms with Gasteiger partial charge in [-0.1, -0.05) is 42.8 Å². The highest BCUT2D eigenvalue weighted by atomic mass is 35.5. The van der Waals surface area contributed by atoms with Crippen LogP contribution in [-0.4, -0.2) is 35.9 Å². The fourth-order valence-corrected chi connectivity index (χ4v) is 1.70. The lowest BCUT2D eigenvalue weighted by molar-refractivity contribution is 0.145. The first-order valence-corrected chi connectivity index (χ1v) is 8.81. The Hall–Kier alpha value is -1.19. The number of pyridine rings is 2. The second kappa shape index (κ2) is 17.9. The van der Waals surface area contributed by atoms with Crippen molar-refractivity contribution in [1.82, 2.24) is 15.3 Å². The summed E-state index contributed by atoms with van der Waals surface area (Å²) in [5.74, 6) is 0.490. The van der Waals surface area contributed by atoms with Crippen molar-refractivity contribution in [2.24, 2.45) is 5.73 Å². The molecule has 2 aromatic rings. The molecule has 0 saturated heterocycles. The van der Waals surface area contributed by atoms with Gasteiger partial charge in [0, 0.05) is 24.8 Å². The third-order valence-electron chi connectivity index (χ3n) is 2.54. The number of halogens is 7. The van der Waals surface area contributed by atoms with E-state index in [9.17, 15) is 17.6 Å². The molecule has 28 heavy (non-hydrogen) atoms. The average Bonchev–Trinajstić information content (AvgIpc) is 2.65. The van der Waals surface area contributed by atoms with Gasteiger partial charge in [-0.3, -0.25) is 0 Å². The molecule has 2 heterocycles. The Morgan fingerprint density at radius 3 is 1.68 bits per heavy atom. The topological polar surface area (TPSA) is 63.8 Å². The molecule has 0 fully saturated rings. The Kier molecular flexibility index (Phi) is 18.5. The summed E-state index contributed by atoms with van der Waals surface area (Å²) in [5.41, 5.74) is 6.25. The predicted molar refractivity (Wildman–Crippen MR) is 108 cm³/mol. The van der Waals surface area contributed by atoms with E-state index in [1.165, 1.54) is 0 Å². The molecule has 0 atom stereocenters. The van der Waals surface area contributed by atoms with Crippen LogP contribution in [0, 0.1) is 0 Å². The second-order valence-corrected chi connectivity index (χ2v) is 5.80. The minimum Gasteiger partial charge on any atom is -0.325 e. The van der Waals surface area contributed by atoms with E-state index in [0.717, 1.165) is 11.1 Å². The van der Waals surface area contributed by atoms with Crippen molar-refractivity contribution < 1.29 is 17.6 Å². The van der Waals surface area contributed by atoms with Crippen LogP contribution < -0.4 is 11.1 Å². The van der Waals surface area contributed by atoms with Gasteiger partial charge >= 0.3 is 0 Å². The van der Waals surface area contributed by atoms with Gasteiger partial charge in [-0.2, -0.15) is 0 Å². The number of aromatic nitrogens is 2. The Bertz CT molecular complexity index is 602. The Morgan fingerprint density at radius 2 is 1.36 bits per heavy atom. The normalized spacial score (nSPS) is 9.79. The molecule has 11 heteroatoms. The molecule has 0 aliphatic carbocycles. The van der Waals surface area contributed by atoms with Crippen molar-refractivity contribution in [1.29, 1.82) is 0 Å². The summed E-state index contributed by atoms with van der Waals surface area (Å²) in [6, 6.07) is 6.94. The van der Waals surface area contributed by atoms with Crippen LogP contribution >= 0.6 is 34.8 Å². The smallest absolute Gasteiger partial charge is 0.250 e. The van der Waals surface area contributed by atoms with Gasteiger partial charge in [-0.25, -0.2) is 27.5 Å². The van der Waals surface area contributed by atoms with Crippen LogP contribution in [-0.2, 0) is 12.4 Å². The summed E-state index contributed by atoms with van der Waals surface area (Å²) in [4.78, 5) is 7.65. The van der Waals surface area contributed by atoms with E-state index in [4.69, 9.17) is 34.8 Å². The fraction of sp³-hybridized carbons (Fsp3) is 0.412. The maximum atomic E-state index is 11.7. The molecule has 0 radical (unpaired) electrons. The minimum atomic E-state index is -2.34. The second-order valence-electron chi connectivity index (χ2n) is 4.76. The molecule has 2 rings (SSSR count). The van der Waals surface area contributed by atoms with E-state index in [0.29, 0.717) is 22.7 Å². The Labute approximate surface area is 177 Å². The van der Waals surface area contributed by atoms with Gasteiger partial charge in [0.15, 0.2) is 0 Å². The first-order valence-electron chi connectivity index (χ1n) is 7.52. The molecule has 4 nitrogen and oxygen atoms in total. The highest BCUT2D eigenvalue weighted by Gasteiger charge is 2.00. The van der Waals surface area contributed by atoms with Gasteiger partial charge < -0.3 is 11.1 Å². The summed E-state index contributed by atoms with van der Waals surface area (Å²) in [5, 5.41) is 3.49. The monoisotopic (exact) mass is 464 g/mol. The number of nitrogens with one attached hydrogen (secondary N) is 1. The maximum Gasteiger partial charge on any atom is 0.250 e. The molecule has 0 amide bonds. The van der Waals surface area contributed by atoms with Crippen LogP contribution in [0.4, 0.5) is 17.6 Å². The standard InChI is InChI=1S/C8H9ClF2N2.C6H5Cl2N.C2H5F2N.CH4/c9-7-2-1-6(4-13-7)3-12-5-8(10)11;7-3-5-1-2-6(8)9-4-5;3-2(4)1-5;/h1-2,4,8,12H,3,5H2;1-2,4H,3H2;2H,1,5H2;1H4. The van der Waals surface area contributed by atoms with E-state index < -0.39 is 19.4 Å². The number of nitrogens with two attached hydrogens (primary N) is 1. The van der Waals surface area contributed by atoms with Gasteiger partial charge in [0.2, 0.25) is 0 Å². The molecule has 2 aromatic heterocycles. The Balaban J connectivity index is 0. The zero-order chi connectivity index (χ0) is 20.7. The number of nitrogens with zero attached hydrogens (tertiary/aromatic N) is 2. The molecule has 0 aliphatic heterocycles. The first-order chi connectivity index (χ1) is 12.8. The van der Waals surface area contributed by atoms with Crippen LogP contribution in [0.25, 0.3) is 0 Å². The van der Waals surface area contributed by atoms with Crippen molar-refractivity contribution in [3.05, 3.63) is 58.1 Å². The highest BCUT2D eigenvalue weighted by molar-refractivity contribution is 6.29. The number of alkyl halides is 5. The third kappa shape index (κ3) is 16.9. The van der Waals surface area contributed by atoms with Gasteiger partial charge in [0.05, 0.1) is 13.1 Å². The van der Waals surface area contributed by atoms with Crippen molar-refractivity contribution in [2.75, 3.05) is 13.1 Å². The molecule has 0 bridgehead atoms. The van der Waals surface area contributed by atoms with Gasteiger partial charge in [0.1, 0.15) is 10.3 Å². The van der Waals surface area contributed by atoms with Crippen LogP contribution in [0.5, 0.6) is 0 Å². The van der Waals surface area contributed by atoms with Crippen LogP contribution in [0.3, 0.4) is 0 Å². The largest absolute Gasteiger partial charge is 0.325 e. The zero-order valence-electron chi connectivity index (χ0n) is 14.1. The minimum absolute atomic E-state index is 0. The summed E-state index contributed by atoms with van der Waals surface area (Å²) in [7, 11) is 0. The molecule has 0 aliphatic rings. The van der Waals surface area contributed by atoms with Crippen LogP contribution in [0.1, 0.15) is 18.6 Å². The van der Waals surface area contributed by atoms with E-state index in [-0.39, 0.29) is 14.0 Å². The van der Waals surface area contributed by atoms with Crippen molar-refractivity contribution in [2.45, 2.75) is 32.7 Å². The lowest BCUT2D eigenvalue weighted by Gasteiger charge is -2.03. The Morgan fingerprint density at radius 1 is 0.893 bits per heavy atom. The van der Waals surface area contributed by atoms with E-state index in [1.54, 1.807) is 30.6 Å². The molecule has 3 N–H and O–H groups in total. The van der Waals surface area contributed by atoms with E-state index in [1.807, 2.05) is 6.07 Å². The highest BCUT2D eigenvalue weighted by Crippen LogP contribution is 2.06. The van der Waals surface area contributed by atoms with Crippen molar-refractivity contribution in [3.8, 4) is 0 Å². The summed E-state index contributed by atoms with van der Waals surface area (Å²) in [6.07, 6.45) is -1.44. The molecule has 0 spiro atoms. The zero-order valence-corrected chi connectivity index (χ0v) is 16.3. The van der Waals surface area contributed by atoms with Crippen LogP contribution in [0.15, 0.2) is 36.7 Å². The predicted octanol–water partition coefficient (Wildman–Crippen LogP) is 5.41. The molecule has 0 unspecified atom stereocenters. The number of hydrogen-bond acceptors (Lipinski definition) is 4. The van der Waals surface area contributed by atoms with Crippen molar-refractivity contribution >= 4 is 34.8 Å². The van der Waals surface area contributed by atoms with E-state index in [2.05, 4.69) is 21.0 Å². The number of rotatable bonds is 6. The molecular formula is C17H23Cl3F4N4. The fourth-order valence-electron chi connectivity index (χ4n) is 1.32. The lowest BCUT2D eigenvalue weighted by atomic mass is 10.3. The molecule has 160 valence electrons. The van der Waals surface area contributed by atoms with Gasteiger partial charge in [0.25, 0.3) is 12.9 Å².